The van der Waals surface area contributed by atoms with E-state index < -0.39 is 0 Å². The maximum Gasteiger partial charge on any atom is 0.206 e. The molecule has 138 valence electrons. The molecule has 6 heteroatoms. The number of halogens is 1. The Morgan fingerprint density at radius 2 is 1.96 bits per heavy atom. The van der Waals surface area contributed by atoms with Crippen LogP contribution in [0, 0.1) is 0 Å². The van der Waals surface area contributed by atoms with Gasteiger partial charge in [-0.05, 0) is 18.9 Å². The van der Waals surface area contributed by atoms with Gasteiger partial charge in [0.15, 0.2) is 0 Å². The van der Waals surface area contributed by atoms with Crippen LogP contribution in [0.3, 0.4) is 0 Å². The third-order valence-corrected chi connectivity index (χ3v) is 5.62. The Balaban J connectivity index is 1.72. The fourth-order valence-corrected chi connectivity index (χ4v) is 4.03. The first kappa shape index (κ1) is 18.2. The van der Waals surface area contributed by atoms with Crippen LogP contribution >= 0.6 is 22.9 Å². The van der Waals surface area contributed by atoms with Crippen LogP contribution in [0.4, 0.5) is 0 Å². The smallest absolute Gasteiger partial charge is 0.206 e. The van der Waals surface area contributed by atoms with Crippen molar-refractivity contribution in [3.8, 4) is 11.3 Å². The zero-order valence-corrected chi connectivity index (χ0v) is 16.4. The minimum atomic E-state index is 0.216. The van der Waals surface area contributed by atoms with Gasteiger partial charge in [-0.2, -0.15) is 5.10 Å². The minimum Gasteiger partial charge on any atom is -0.376 e. The van der Waals surface area contributed by atoms with Crippen molar-refractivity contribution >= 4 is 29.2 Å². The highest BCUT2D eigenvalue weighted by atomic mass is 35.5. The zero-order valence-electron chi connectivity index (χ0n) is 14.8. The molecular weight excluding hydrogens is 378 g/mol. The van der Waals surface area contributed by atoms with E-state index in [4.69, 9.17) is 26.4 Å². The fourth-order valence-electron chi connectivity index (χ4n) is 2.99. The summed E-state index contributed by atoms with van der Waals surface area (Å²) in [5.41, 5.74) is 2.99. The number of ether oxygens (including phenoxy) is 1. The molecule has 3 aromatic rings. The number of nitrogens with zero attached hydrogens (tertiary/aromatic N) is 3. The van der Waals surface area contributed by atoms with Crippen molar-refractivity contribution in [1.29, 1.82) is 0 Å². The van der Waals surface area contributed by atoms with E-state index in [0.717, 1.165) is 41.1 Å². The molecular formula is C21H20ClN3OS. The second kappa shape index (κ2) is 8.65. The molecule has 4 rings (SSSR count). The van der Waals surface area contributed by atoms with Gasteiger partial charge in [0.2, 0.25) is 4.80 Å². The van der Waals surface area contributed by atoms with E-state index in [1.807, 2.05) is 47.1 Å². The highest BCUT2D eigenvalue weighted by Crippen LogP contribution is 2.20. The number of aromatic nitrogens is 1. The van der Waals surface area contributed by atoms with Crippen molar-refractivity contribution in [3.63, 3.8) is 0 Å². The molecule has 1 aromatic heterocycles. The maximum atomic E-state index is 6.27. The van der Waals surface area contributed by atoms with Gasteiger partial charge in [0, 0.05) is 28.1 Å². The third-order valence-electron chi connectivity index (χ3n) is 4.43. The minimum absolute atomic E-state index is 0.216. The van der Waals surface area contributed by atoms with E-state index >= 15 is 0 Å². The van der Waals surface area contributed by atoms with Gasteiger partial charge < -0.3 is 4.74 Å². The summed E-state index contributed by atoms with van der Waals surface area (Å²) in [6.45, 7) is 1.50. The van der Waals surface area contributed by atoms with Gasteiger partial charge in [0.05, 0.1) is 24.6 Å². The average molecular weight is 398 g/mol. The molecule has 1 aliphatic rings. The largest absolute Gasteiger partial charge is 0.376 e. The summed E-state index contributed by atoms with van der Waals surface area (Å²) in [6.07, 6.45) is 4.19. The highest BCUT2D eigenvalue weighted by Gasteiger charge is 2.15. The number of hydrogen-bond acceptors (Lipinski definition) is 4. The molecule has 0 amide bonds. The summed E-state index contributed by atoms with van der Waals surface area (Å²) >= 11 is 7.86. The molecule has 2 heterocycles. The number of benzene rings is 2. The van der Waals surface area contributed by atoms with Gasteiger partial charge in [-0.15, -0.1) is 11.3 Å². The predicted octanol–water partition coefficient (Wildman–Crippen LogP) is 4.83. The van der Waals surface area contributed by atoms with Crippen LogP contribution < -0.4 is 4.80 Å². The van der Waals surface area contributed by atoms with Crippen molar-refractivity contribution in [3.05, 3.63) is 75.4 Å². The molecule has 27 heavy (non-hydrogen) atoms. The second-order valence-electron chi connectivity index (χ2n) is 6.32. The molecule has 4 nitrogen and oxygen atoms in total. The van der Waals surface area contributed by atoms with Crippen molar-refractivity contribution in [2.24, 2.45) is 10.1 Å². The molecule has 1 aliphatic heterocycles. The van der Waals surface area contributed by atoms with Crippen molar-refractivity contribution < 1.29 is 4.74 Å². The first-order chi connectivity index (χ1) is 13.3. The standard InChI is InChI=1S/C21H20ClN3OS/c22-19-11-5-4-9-17(19)13-24-25-20(16-7-2-1-3-8-16)15-27-21(25)23-14-18-10-6-12-26-18/h1-5,7-9,11,13,15,18H,6,10,12,14H2/b23-21?,24-13-/t18-/m0/s1. The van der Waals surface area contributed by atoms with Gasteiger partial charge in [-0.25, -0.2) is 4.68 Å². The lowest BCUT2D eigenvalue weighted by atomic mass is 10.2. The first-order valence-electron chi connectivity index (χ1n) is 8.98. The van der Waals surface area contributed by atoms with Crippen LogP contribution in [-0.2, 0) is 4.74 Å². The van der Waals surface area contributed by atoms with Crippen molar-refractivity contribution in [1.82, 2.24) is 4.68 Å². The number of rotatable bonds is 5. The summed E-state index contributed by atoms with van der Waals surface area (Å²) in [4.78, 5) is 5.63. The SMILES string of the molecule is Clc1ccccc1/C=N\n1c(-c2ccccc2)csc1=NC[C@@H]1CCCO1. The van der Waals surface area contributed by atoms with E-state index in [2.05, 4.69) is 17.5 Å². The van der Waals surface area contributed by atoms with E-state index in [-0.39, 0.29) is 6.10 Å². The molecule has 0 saturated carbocycles. The average Bonchev–Trinajstić information content (AvgIpc) is 3.36. The van der Waals surface area contributed by atoms with E-state index in [9.17, 15) is 0 Å². The Labute approximate surface area is 167 Å². The summed E-state index contributed by atoms with van der Waals surface area (Å²) in [7, 11) is 0. The Morgan fingerprint density at radius 3 is 2.74 bits per heavy atom. The lowest BCUT2D eigenvalue weighted by Crippen LogP contribution is -2.17. The molecule has 0 N–H and O–H groups in total. The summed E-state index contributed by atoms with van der Waals surface area (Å²) in [5, 5.41) is 7.47. The summed E-state index contributed by atoms with van der Waals surface area (Å²) < 4.78 is 7.58. The van der Waals surface area contributed by atoms with Gasteiger partial charge in [0.1, 0.15) is 0 Å². The van der Waals surface area contributed by atoms with E-state index in [0.29, 0.717) is 11.6 Å². The molecule has 0 unspecified atom stereocenters. The summed E-state index contributed by atoms with van der Waals surface area (Å²) in [5.74, 6) is 0. The van der Waals surface area contributed by atoms with Crippen molar-refractivity contribution in [2.45, 2.75) is 18.9 Å². The molecule has 1 saturated heterocycles. The van der Waals surface area contributed by atoms with Gasteiger partial charge in [-0.3, -0.25) is 4.99 Å². The molecule has 0 aliphatic carbocycles. The molecule has 0 spiro atoms. The lowest BCUT2D eigenvalue weighted by Gasteiger charge is -2.06. The maximum absolute atomic E-state index is 6.27. The molecule has 0 bridgehead atoms. The lowest BCUT2D eigenvalue weighted by molar-refractivity contribution is 0.117. The van der Waals surface area contributed by atoms with Crippen LogP contribution in [0.1, 0.15) is 18.4 Å². The fraction of sp³-hybridized carbons (Fsp3) is 0.238. The van der Waals surface area contributed by atoms with Crippen LogP contribution in [0.25, 0.3) is 11.3 Å². The van der Waals surface area contributed by atoms with Crippen LogP contribution in [-0.4, -0.2) is 30.1 Å². The molecule has 1 fully saturated rings. The first-order valence-corrected chi connectivity index (χ1v) is 10.2. The highest BCUT2D eigenvalue weighted by molar-refractivity contribution is 7.07. The van der Waals surface area contributed by atoms with Crippen molar-refractivity contribution in [2.75, 3.05) is 13.2 Å². The van der Waals surface area contributed by atoms with Crippen LogP contribution in [0.15, 0.2) is 70.1 Å². The van der Waals surface area contributed by atoms with Crippen LogP contribution in [0.2, 0.25) is 5.02 Å². The van der Waals surface area contributed by atoms with Crippen LogP contribution in [0.5, 0.6) is 0 Å². The number of thiazole rings is 1. The summed E-state index contributed by atoms with van der Waals surface area (Å²) in [6, 6.07) is 17.9. The normalized spacial score (nSPS) is 17.8. The Kier molecular flexibility index (Phi) is 5.82. The van der Waals surface area contributed by atoms with E-state index in [1.165, 1.54) is 0 Å². The monoisotopic (exact) mass is 397 g/mol. The molecule has 1 atom stereocenters. The molecule has 2 aromatic carbocycles. The Bertz CT molecular complexity index is 988. The predicted molar refractivity (Wildman–Crippen MR) is 112 cm³/mol. The quantitative estimate of drug-likeness (QED) is 0.568. The number of hydrogen-bond donors (Lipinski definition) is 0. The van der Waals surface area contributed by atoms with Gasteiger partial charge in [-0.1, -0.05) is 60.1 Å². The van der Waals surface area contributed by atoms with Gasteiger partial charge in [0.25, 0.3) is 0 Å². The molecule has 0 radical (unpaired) electrons. The van der Waals surface area contributed by atoms with E-state index in [1.54, 1.807) is 17.6 Å². The third kappa shape index (κ3) is 4.38. The second-order valence-corrected chi connectivity index (χ2v) is 7.57. The zero-order chi connectivity index (χ0) is 18.5. The Hall–Kier alpha value is -2.21. The Morgan fingerprint density at radius 1 is 1.15 bits per heavy atom. The van der Waals surface area contributed by atoms with Gasteiger partial charge >= 0.3 is 0 Å². The topological polar surface area (TPSA) is 38.9 Å².